The molecule has 0 unspecified atom stereocenters. The Hall–Kier alpha value is -0.970. The van der Waals surface area contributed by atoms with Crippen molar-refractivity contribution in [3.05, 3.63) is 35.9 Å². The maximum absolute atomic E-state index is 3.51. The van der Waals surface area contributed by atoms with Gasteiger partial charge in [-0.2, -0.15) is 0 Å². The zero-order chi connectivity index (χ0) is 13.6. The summed E-state index contributed by atoms with van der Waals surface area (Å²) in [4.78, 5) is 0. The number of hydrogen-bond acceptors (Lipinski definition) is 1. The molecule has 0 aliphatic heterocycles. The fourth-order valence-corrected chi connectivity index (χ4v) is 2.34. The van der Waals surface area contributed by atoms with E-state index in [0.29, 0.717) is 5.41 Å². The molecule has 1 aromatic rings. The van der Waals surface area contributed by atoms with Crippen LogP contribution in [0.15, 0.2) is 30.3 Å². The fourth-order valence-electron chi connectivity index (χ4n) is 2.34. The molecule has 0 fully saturated rings. The normalized spacial score (nSPS) is 11.2. The minimum Gasteiger partial charge on any atom is -0.301 e. The van der Waals surface area contributed by atoms with Crippen molar-refractivity contribution in [3.8, 4) is 11.8 Å². The van der Waals surface area contributed by atoms with E-state index in [1.807, 2.05) is 30.3 Å². The first kappa shape index (κ1) is 18.0. The Morgan fingerprint density at radius 1 is 1.00 bits per heavy atom. The molecule has 0 atom stereocenters. The van der Waals surface area contributed by atoms with Crippen molar-refractivity contribution in [2.75, 3.05) is 6.54 Å². The Bertz CT molecular complexity index is 418. The third-order valence-corrected chi connectivity index (χ3v) is 2.63. The van der Waals surface area contributed by atoms with Crippen LogP contribution in [0.4, 0.5) is 0 Å². The highest BCUT2D eigenvalue weighted by atomic mass is 35.5. The lowest BCUT2D eigenvalue weighted by atomic mass is 9.82. The molecule has 0 spiro atoms. The van der Waals surface area contributed by atoms with Crippen molar-refractivity contribution >= 4 is 12.4 Å². The van der Waals surface area contributed by atoms with Crippen molar-refractivity contribution in [2.45, 2.75) is 46.6 Å². The summed E-state index contributed by atoms with van der Waals surface area (Å²) in [6, 6.07) is 10.1. The minimum atomic E-state index is 0. The maximum Gasteiger partial charge on any atom is 0.0584 e. The molecule has 0 radical (unpaired) electrons. The predicted molar refractivity (Wildman–Crippen MR) is 86.7 cm³/mol. The van der Waals surface area contributed by atoms with Crippen LogP contribution < -0.4 is 5.32 Å². The Labute approximate surface area is 124 Å². The molecule has 1 N–H and O–H groups in total. The zero-order valence-electron chi connectivity index (χ0n) is 12.7. The molecule has 0 aliphatic carbocycles. The average molecular weight is 280 g/mol. The van der Waals surface area contributed by atoms with Crippen molar-refractivity contribution < 1.29 is 0 Å². The van der Waals surface area contributed by atoms with E-state index in [0.717, 1.165) is 18.5 Å². The van der Waals surface area contributed by atoms with Gasteiger partial charge >= 0.3 is 0 Å². The molecule has 2 heteroatoms. The monoisotopic (exact) mass is 279 g/mol. The van der Waals surface area contributed by atoms with E-state index in [-0.39, 0.29) is 17.9 Å². The summed E-state index contributed by atoms with van der Waals surface area (Å²) in [6.07, 6.45) is 1.13. The van der Waals surface area contributed by atoms with Crippen LogP contribution in [0.25, 0.3) is 0 Å². The van der Waals surface area contributed by atoms with Gasteiger partial charge in [-0.05, 0) is 37.8 Å². The first-order valence-corrected chi connectivity index (χ1v) is 6.57. The highest BCUT2D eigenvalue weighted by Gasteiger charge is 2.24. The topological polar surface area (TPSA) is 12.0 Å². The van der Waals surface area contributed by atoms with Gasteiger partial charge in [-0.3, -0.25) is 0 Å². The summed E-state index contributed by atoms with van der Waals surface area (Å²) in [7, 11) is 0. The molecule has 0 amide bonds. The van der Waals surface area contributed by atoms with Crippen molar-refractivity contribution in [1.29, 1.82) is 0 Å². The van der Waals surface area contributed by atoms with Crippen molar-refractivity contribution in [3.63, 3.8) is 0 Å². The molecular weight excluding hydrogens is 254 g/mol. The number of benzene rings is 1. The van der Waals surface area contributed by atoms with E-state index in [1.165, 1.54) is 0 Å². The third kappa shape index (κ3) is 8.70. The average Bonchev–Trinajstić information content (AvgIpc) is 2.23. The Kier molecular flexibility index (Phi) is 7.19. The van der Waals surface area contributed by atoms with Crippen molar-refractivity contribution in [2.24, 2.45) is 5.41 Å². The smallest absolute Gasteiger partial charge is 0.0584 e. The van der Waals surface area contributed by atoms with E-state index in [9.17, 15) is 0 Å². The lowest BCUT2D eigenvalue weighted by Gasteiger charge is -2.32. The van der Waals surface area contributed by atoms with Gasteiger partial charge < -0.3 is 5.32 Å². The number of nitrogens with one attached hydrogen (secondary N) is 1. The molecule has 0 aliphatic rings. The van der Waals surface area contributed by atoms with E-state index in [1.54, 1.807) is 0 Å². The Balaban J connectivity index is 0.00000324. The van der Waals surface area contributed by atoms with E-state index in [2.05, 4.69) is 51.8 Å². The van der Waals surface area contributed by atoms with Gasteiger partial charge in [0.2, 0.25) is 0 Å². The standard InChI is InChI=1S/C17H25N.ClH/c1-16(2,3)14-17(4,5)18-13-9-12-15-10-7-6-8-11-15;/h6-8,10-11,18H,13-14H2,1-5H3;1H. The Morgan fingerprint density at radius 3 is 2.11 bits per heavy atom. The number of hydrogen-bond donors (Lipinski definition) is 1. The van der Waals surface area contributed by atoms with Crippen LogP contribution in [0.2, 0.25) is 0 Å². The molecule has 0 saturated heterocycles. The minimum absolute atomic E-state index is 0. The molecule has 0 saturated carbocycles. The molecular formula is C17H26ClN. The first-order chi connectivity index (χ1) is 8.29. The van der Waals surface area contributed by atoms with Gasteiger partial charge in [0, 0.05) is 11.1 Å². The lowest BCUT2D eigenvalue weighted by molar-refractivity contribution is 0.249. The maximum atomic E-state index is 3.51. The molecule has 1 nitrogen and oxygen atoms in total. The zero-order valence-corrected chi connectivity index (χ0v) is 13.5. The third-order valence-electron chi connectivity index (χ3n) is 2.63. The molecule has 0 bridgehead atoms. The second-order valence-corrected chi connectivity index (χ2v) is 6.64. The summed E-state index contributed by atoms with van der Waals surface area (Å²) >= 11 is 0. The molecule has 106 valence electrons. The summed E-state index contributed by atoms with van der Waals surface area (Å²) in [5.41, 5.74) is 1.54. The van der Waals surface area contributed by atoms with Gasteiger partial charge in [-0.15, -0.1) is 12.4 Å². The SMILES string of the molecule is CC(C)(C)CC(C)(C)NCC#Cc1ccccc1.Cl. The lowest BCUT2D eigenvalue weighted by Crippen LogP contribution is -2.42. The Morgan fingerprint density at radius 2 is 1.58 bits per heavy atom. The quantitative estimate of drug-likeness (QED) is 0.815. The van der Waals surface area contributed by atoms with Crippen LogP contribution in [-0.2, 0) is 0 Å². The van der Waals surface area contributed by atoms with E-state index < -0.39 is 0 Å². The second-order valence-electron chi connectivity index (χ2n) is 6.64. The van der Waals surface area contributed by atoms with Crippen LogP contribution in [0, 0.1) is 17.3 Å². The van der Waals surface area contributed by atoms with E-state index >= 15 is 0 Å². The summed E-state index contributed by atoms with van der Waals surface area (Å²) < 4.78 is 0. The molecule has 1 aromatic carbocycles. The number of rotatable bonds is 3. The largest absolute Gasteiger partial charge is 0.301 e. The number of halogens is 1. The van der Waals surface area contributed by atoms with Gasteiger partial charge in [0.05, 0.1) is 6.54 Å². The molecule has 0 aromatic heterocycles. The van der Waals surface area contributed by atoms with Gasteiger partial charge in [-0.1, -0.05) is 50.8 Å². The second kappa shape index (κ2) is 7.58. The molecule has 0 heterocycles. The van der Waals surface area contributed by atoms with E-state index in [4.69, 9.17) is 0 Å². The van der Waals surface area contributed by atoms with Crippen molar-refractivity contribution in [1.82, 2.24) is 5.32 Å². The predicted octanol–water partition coefficient (Wildman–Crippen LogP) is 4.26. The van der Waals surface area contributed by atoms with Gasteiger partial charge in [0.1, 0.15) is 0 Å². The van der Waals surface area contributed by atoms with Gasteiger partial charge in [-0.25, -0.2) is 0 Å². The van der Waals surface area contributed by atoms with Crippen LogP contribution in [0.5, 0.6) is 0 Å². The molecule has 19 heavy (non-hydrogen) atoms. The van der Waals surface area contributed by atoms with Gasteiger partial charge in [0.25, 0.3) is 0 Å². The summed E-state index contributed by atoms with van der Waals surface area (Å²) in [5.74, 6) is 6.35. The summed E-state index contributed by atoms with van der Waals surface area (Å²) in [5, 5.41) is 3.51. The highest BCUT2D eigenvalue weighted by molar-refractivity contribution is 5.85. The summed E-state index contributed by atoms with van der Waals surface area (Å²) in [6.45, 7) is 12.0. The van der Waals surface area contributed by atoms with Gasteiger partial charge in [0.15, 0.2) is 0 Å². The fraction of sp³-hybridized carbons (Fsp3) is 0.529. The van der Waals surface area contributed by atoms with Crippen LogP contribution in [0.3, 0.4) is 0 Å². The van der Waals surface area contributed by atoms with Crippen LogP contribution in [0.1, 0.15) is 46.6 Å². The first-order valence-electron chi connectivity index (χ1n) is 6.57. The molecule has 1 rings (SSSR count). The van der Waals surface area contributed by atoms with Crippen LogP contribution >= 0.6 is 12.4 Å². The van der Waals surface area contributed by atoms with Crippen LogP contribution in [-0.4, -0.2) is 12.1 Å². The highest BCUT2D eigenvalue weighted by Crippen LogP contribution is 2.26.